The summed E-state index contributed by atoms with van der Waals surface area (Å²) in [6.45, 7) is 6.47. The Kier molecular flexibility index (Phi) is 7.12. The Balaban J connectivity index is 3.90. The van der Waals surface area contributed by atoms with Crippen LogP contribution in [0.5, 0.6) is 0 Å². The first kappa shape index (κ1) is 15.4. The zero-order valence-electron chi connectivity index (χ0n) is 9.21. The van der Waals surface area contributed by atoms with Gasteiger partial charge in [-0.05, 0) is 23.3 Å². The molecule has 0 heterocycles. The molecule has 0 spiro atoms. The van der Waals surface area contributed by atoms with Crippen LogP contribution in [-0.2, 0) is 0 Å². The smallest absolute Gasteiger partial charge is 0.241 e. The predicted octanol–water partition coefficient (Wildman–Crippen LogP) is 4.03. The van der Waals surface area contributed by atoms with E-state index in [1.165, 1.54) is 17.9 Å². The molecule has 1 nitrogen and oxygen atoms in total. The van der Waals surface area contributed by atoms with Gasteiger partial charge in [0.05, 0.1) is 5.92 Å². The second kappa shape index (κ2) is 6.91. The lowest BCUT2D eigenvalue weighted by Gasteiger charge is -2.23. The van der Waals surface area contributed by atoms with Crippen LogP contribution >= 0.6 is 22.6 Å². The number of hydrogen-bond donors (Lipinski definition) is 1. The Morgan fingerprint density at radius 1 is 1.27 bits per heavy atom. The molecule has 0 aromatic heterocycles. The number of hydrogen-bond acceptors (Lipinski definition) is 3. The summed E-state index contributed by atoms with van der Waals surface area (Å²) in [6, 6.07) is 0. The molecule has 0 aliphatic heterocycles. The third kappa shape index (κ3) is 7.36. The quantitative estimate of drug-likeness (QED) is 0.437. The van der Waals surface area contributed by atoms with E-state index in [0.717, 1.165) is 6.54 Å². The first-order valence-electron chi connectivity index (χ1n) is 4.90. The number of thiol groups is 1. The standard InChI is InChI=1S/C9H18F3NS2/c1-7(2)6-13(15-14)5-4-8(3)9(10,11)12/h7-8,14H,4-6H2,1-3H3. The van der Waals surface area contributed by atoms with Crippen LogP contribution in [0.1, 0.15) is 27.2 Å². The summed E-state index contributed by atoms with van der Waals surface area (Å²) in [5, 5.41) is 0. The Labute approximate surface area is 98.7 Å². The van der Waals surface area contributed by atoms with Crippen molar-refractivity contribution >= 4 is 22.6 Å². The maximum Gasteiger partial charge on any atom is 0.391 e. The highest BCUT2D eigenvalue weighted by atomic mass is 33.1. The molecule has 1 atom stereocenters. The minimum absolute atomic E-state index is 0.129. The van der Waals surface area contributed by atoms with Crippen LogP contribution in [0.2, 0.25) is 0 Å². The summed E-state index contributed by atoms with van der Waals surface area (Å²) in [5.74, 6) is -0.807. The molecular formula is C9H18F3NS2. The first-order chi connectivity index (χ1) is 6.77. The highest BCUT2D eigenvalue weighted by molar-refractivity contribution is 8.67. The predicted molar refractivity (Wildman–Crippen MR) is 62.8 cm³/mol. The molecular weight excluding hydrogens is 243 g/mol. The monoisotopic (exact) mass is 261 g/mol. The molecule has 0 bridgehead atoms. The van der Waals surface area contributed by atoms with Gasteiger partial charge in [-0.3, -0.25) is 0 Å². The van der Waals surface area contributed by atoms with Gasteiger partial charge < -0.3 is 0 Å². The van der Waals surface area contributed by atoms with Crippen molar-refractivity contribution < 1.29 is 13.2 Å². The molecule has 0 saturated carbocycles. The molecule has 6 heteroatoms. The van der Waals surface area contributed by atoms with E-state index in [9.17, 15) is 13.2 Å². The van der Waals surface area contributed by atoms with Crippen molar-refractivity contribution in [3.05, 3.63) is 0 Å². The van der Waals surface area contributed by atoms with Crippen LogP contribution < -0.4 is 0 Å². The fourth-order valence-electron chi connectivity index (χ4n) is 1.07. The Morgan fingerprint density at radius 2 is 1.80 bits per heavy atom. The van der Waals surface area contributed by atoms with Gasteiger partial charge in [0.25, 0.3) is 0 Å². The number of nitrogens with zero attached hydrogens (tertiary/aromatic N) is 1. The van der Waals surface area contributed by atoms with Crippen LogP contribution in [0, 0.1) is 11.8 Å². The Bertz CT molecular complexity index is 173. The van der Waals surface area contributed by atoms with Crippen LogP contribution in [0.4, 0.5) is 13.2 Å². The molecule has 0 aromatic carbocycles. The molecule has 0 N–H and O–H groups in total. The average Bonchev–Trinajstić information content (AvgIpc) is 2.09. The van der Waals surface area contributed by atoms with Crippen molar-refractivity contribution in [1.29, 1.82) is 0 Å². The van der Waals surface area contributed by atoms with E-state index in [0.29, 0.717) is 12.5 Å². The SMILES string of the molecule is CC(C)CN(CCC(C)C(F)(F)F)SS. The van der Waals surface area contributed by atoms with E-state index in [2.05, 4.69) is 11.7 Å². The third-order valence-corrected chi connectivity index (χ3v) is 3.31. The first-order valence-corrected chi connectivity index (χ1v) is 6.73. The van der Waals surface area contributed by atoms with Crippen LogP contribution in [-0.4, -0.2) is 23.6 Å². The zero-order valence-corrected chi connectivity index (χ0v) is 10.9. The van der Waals surface area contributed by atoms with E-state index in [-0.39, 0.29) is 6.42 Å². The van der Waals surface area contributed by atoms with E-state index < -0.39 is 12.1 Å². The van der Waals surface area contributed by atoms with Crippen molar-refractivity contribution in [1.82, 2.24) is 4.31 Å². The maximum atomic E-state index is 12.2. The van der Waals surface area contributed by atoms with E-state index in [1.807, 2.05) is 18.2 Å². The molecule has 0 amide bonds. The van der Waals surface area contributed by atoms with Crippen LogP contribution in [0.3, 0.4) is 0 Å². The normalized spacial score (nSPS) is 15.0. The lowest BCUT2D eigenvalue weighted by molar-refractivity contribution is -0.171. The van der Waals surface area contributed by atoms with Gasteiger partial charge in [0.1, 0.15) is 0 Å². The van der Waals surface area contributed by atoms with Crippen molar-refractivity contribution in [3.8, 4) is 0 Å². The molecule has 0 saturated heterocycles. The summed E-state index contributed by atoms with van der Waals surface area (Å²) in [5.41, 5.74) is 0. The van der Waals surface area contributed by atoms with Gasteiger partial charge in [0.15, 0.2) is 0 Å². The largest absolute Gasteiger partial charge is 0.391 e. The molecule has 0 radical (unpaired) electrons. The van der Waals surface area contributed by atoms with Crippen LogP contribution in [0.25, 0.3) is 0 Å². The Morgan fingerprint density at radius 3 is 2.13 bits per heavy atom. The topological polar surface area (TPSA) is 3.24 Å². The van der Waals surface area contributed by atoms with Gasteiger partial charge in [-0.25, -0.2) is 4.31 Å². The highest BCUT2D eigenvalue weighted by Crippen LogP contribution is 2.29. The van der Waals surface area contributed by atoms with E-state index in [4.69, 9.17) is 0 Å². The van der Waals surface area contributed by atoms with Gasteiger partial charge in [-0.15, -0.1) is 0 Å². The number of rotatable bonds is 6. The molecule has 0 fully saturated rings. The van der Waals surface area contributed by atoms with E-state index >= 15 is 0 Å². The lowest BCUT2D eigenvalue weighted by atomic mass is 10.1. The lowest BCUT2D eigenvalue weighted by Crippen LogP contribution is -2.27. The molecule has 0 aliphatic rings. The molecule has 1 unspecified atom stereocenters. The van der Waals surface area contributed by atoms with Crippen molar-refractivity contribution in [2.24, 2.45) is 11.8 Å². The highest BCUT2D eigenvalue weighted by Gasteiger charge is 2.35. The molecule has 0 aliphatic carbocycles. The summed E-state index contributed by atoms with van der Waals surface area (Å²) < 4.78 is 38.5. The fraction of sp³-hybridized carbons (Fsp3) is 1.00. The van der Waals surface area contributed by atoms with Gasteiger partial charge in [-0.1, -0.05) is 32.4 Å². The summed E-state index contributed by atoms with van der Waals surface area (Å²) in [6.07, 6.45) is -3.95. The summed E-state index contributed by atoms with van der Waals surface area (Å²) in [7, 11) is 1.21. The second-order valence-corrected chi connectivity index (χ2v) is 5.26. The average molecular weight is 261 g/mol. The van der Waals surface area contributed by atoms with Crippen LogP contribution in [0.15, 0.2) is 0 Å². The maximum absolute atomic E-state index is 12.2. The number of halogens is 3. The third-order valence-electron chi connectivity index (χ3n) is 2.05. The Hall–Kier alpha value is 0.450. The molecule has 15 heavy (non-hydrogen) atoms. The summed E-state index contributed by atoms with van der Waals surface area (Å²) in [4.78, 5) is 0. The molecule has 0 rings (SSSR count). The fourth-order valence-corrected chi connectivity index (χ4v) is 2.07. The van der Waals surface area contributed by atoms with E-state index in [1.54, 1.807) is 0 Å². The van der Waals surface area contributed by atoms with Gasteiger partial charge in [-0.2, -0.15) is 13.2 Å². The van der Waals surface area contributed by atoms with Gasteiger partial charge in [0.2, 0.25) is 0 Å². The van der Waals surface area contributed by atoms with Crippen molar-refractivity contribution in [3.63, 3.8) is 0 Å². The molecule has 0 aromatic rings. The minimum Gasteiger partial charge on any atom is -0.241 e. The number of alkyl halides is 3. The molecule has 92 valence electrons. The van der Waals surface area contributed by atoms with Crippen molar-refractivity contribution in [2.45, 2.75) is 33.4 Å². The summed E-state index contributed by atoms with van der Waals surface area (Å²) >= 11 is 4.03. The van der Waals surface area contributed by atoms with Gasteiger partial charge in [0, 0.05) is 13.1 Å². The minimum atomic E-state index is -4.08. The van der Waals surface area contributed by atoms with Crippen molar-refractivity contribution in [2.75, 3.05) is 13.1 Å². The zero-order chi connectivity index (χ0) is 12.1. The van der Waals surface area contributed by atoms with Gasteiger partial charge >= 0.3 is 6.18 Å². The second-order valence-electron chi connectivity index (χ2n) is 4.09.